The van der Waals surface area contributed by atoms with Crippen LogP contribution in [0.3, 0.4) is 0 Å². The maximum Gasteiger partial charge on any atom is 0.472 e. The lowest BCUT2D eigenvalue weighted by Gasteiger charge is -2.19. The zero-order valence-electron chi connectivity index (χ0n) is 34.2. The second-order valence-corrected chi connectivity index (χ2v) is 14.4. The van der Waals surface area contributed by atoms with Gasteiger partial charge in [0.2, 0.25) is 0 Å². The first-order valence-corrected chi connectivity index (χ1v) is 22.0. The molecular formula is C45H72NO9P. The molecule has 0 aromatic heterocycles. The number of phosphoric ester groups is 1. The minimum atomic E-state index is -4.42. The van der Waals surface area contributed by atoms with Gasteiger partial charge in [0.25, 0.3) is 0 Å². The summed E-state index contributed by atoms with van der Waals surface area (Å²) in [5.74, 6) is -0.996. The van der Waals surface area contributed by atoms with Crippen LogP contribution in [0.2, 0.25) is 0 Å². The van der Waals surface area contributed by atoms with Crippen molar-refractivity contribution in [2.45, 2.75) is 135 Å². The average Bonchev–Trinajstić information content (AvgIpc) is 3.18. The van der Waals surface area contributed by atoms with Crippen molar-refractivity contribution in [3.8, 4) is 0 Å². The summed E-state index contributed by atoms with van der Waals surface area (Å²) >= 11 is 0. The number of rotatable bonds is 36. The van der Waals surface area contributed by atoms with E-state index in [1.807, 2.05) is 43.4 Å². The second kappa shape index (κ2) is 39.8. The fourth-order valence-electron chi connectivity index (χ4n) is 4.61. The largest absolute Gasteiger partial charge is 0.472 e. The number of hydrogen-bond donors (Lipinski definition) is 3. The minimum absolute atomic E-state index is 0.0246. The lowest BCUT2D eigenvalue weighted by Crippen LogP contribution is -2.29. The summed E-state index contributed by atoms with van der Waals surface area (Å²) in [6.07, 6.45) is 49.4. The van der Waals surface area contributed by atoms with Gasteiger partial charge >= 0.3 is 19.8 Å². The summed E-state index contributed by atoms with van der Waals surface area (Å²) in [6.45, 7) is 3.19. The van der Waals surface area contributed by atoms with E-state index < -0.39 is 32.5 Å². The van der Waals surface area contributed by atoms with Crippen LogP contribution >= 0.6 is 7.82 Å². The third kappa shape index (κ3) is 38.9. The van der Waals surface area contributed by atoms with Crippen LogP contribution < -0.4 is 5.73 Å². The summed E-state index contributed by atoms with van der Waals surface area (Å²) < 4.78 is 32.6. The predicted octanol–water partition coefficient (Wildman–Crippen LogP) is 10.6. The van der Waals surface area contributed by atoms with Gasteiger partial charge in [0.05, 0.1) is 19.3 Å². The van der Waals surface area contributed by atoms with Crippen molar-refractivity contribution < 1.29 is 42.7 Å². The Morgan fingerprint density at radius 3 is 1.61 bits per heavy atom. The maximum absolute atomic E-state index is 12.5. The van der Waals surface area contributed by atoms with E-state index in [1.54, 1.807) is 6.08 Å². The number of carbonyl (C=O) groups is 2. The summed E-state index contributed by atoms with van der Waals surface area (Å²) in [5, 5.41) is 9.47. The van der Waals surface area contributed by atoms with Gasteiger partial charge in [-0.25, -0.2) is 4.57 Å². The number of phosphoric acid groups is 1. The number of hydrogen-bond acceptors (Lipinski definition) is 9. The average molecular weight is 802 g/mol. The first-order chi connectivity index (χ1) is 27.2. The van der Waals surface area contributed by atoms with E-state index in [4.69, 9.17) is 24.3 Å². The van der Waals surface area contributed by atoms with Crippen LogP contribution in [0.15, 0.2) is 109 Å². The Morgan fingerprint density at radius 1 is 0.625 bits per heavy atom. The van der Waals surface area contributed by atoms with Crippen molar-refractivity contribution in [2.75, 3.05) is 26.4 Å². The third-order valence-corrected chi connectivity index (χ3v) is 8.78. The van der Waals surface area contributed by atoms with Gasteiger partial charge in [-0.2, -0.15) is 0 Å². The van der Waals surface area contributed by atoms with E-state index in [9.17, 15) is 24.2 Å². The molecule has 4 N–H and O–H groups in total. The van der Waals surface area contributed by atoms with E-state index in [1.165, 1.54) is 19.3 Å². The number of ether oxygens (including phenoxy) is 2. The fraction of sp³-hybridized carbons (Fsp3) is 0.556. The first kappa shape index (κ1) is 52.6. The minimum Gasteiger partial charge on any atom is -0.462 e. The van der Waals surface area contributed by atoms with Crippen molar-refractivity contribution in [1.29, 1.82) is 0 Å². The van der Waals surface area contributed by atoms with Gasteiger partial charge in [-0.05, 0) is 83.5 Å². The van der Waals surface area contributed by atoms with Gasteiger partial charge in [-0.15, -0.1) is 0 Å². The predicted molar refractivity (Wildman–Crippen MR) is 230 cm³/mol. The summed E-state index contributed by atoms with van der Waals surface area (Å²) in [5.41, 5.74) is 5.33. The molecule has 0 rings (SSSR count). The van der Waals surface area contributed by atoms with E-state index in [0.29, 0.717) is 32.1 Å². The zero-order valence-corrected chi connectivity index (χ0v) is 35.1. The Labute approximate surface area is 338 Å². The lowest BCUT2D eigenvalue weighted by molar-refractivity contribution is -0.161. The number of carbonyl (C=O) groups excluding carboxylic acids is 2. The van der Waals surface area contributed by atoms with Crippen molar-refractivity contribution in [2.24, 2.45) is 5.73 Å². The van der Waals surface area contributed by atoms with E-state index in [0.717, 1.165) is 44.9 Å². The molecule has 0 aliphatic heterocycles. The van der Waals surface area contributed by atoms with Crippen LogP contribution in [-0.2, 0) is 32.7 Å². The molecule has 0 heterocycles. The van der Waals surface area contributed by atoms with Crippen LogP contribution in [0.5, 0.6) is 0 Å². The molecule has 0 saturated carbocycles. The van der Waals surface area contributed by atoms with Crippen molar-refractivity contribution in [3.63, 3.8) is 0 Å². The molecular weight excluding hydrogens is 729 g/mol. The Kier molecular flexibility index (Phi) is 37.5. The Morgan fingerprint density at radius 2 is 1.11 bits per heavy atom. The second-order valence-electron chi connectivity index (χ2n) is 13.0. The van der Waals surface area contributed by atoms with Gasteiger partial charge in [-0.3, -0.25) is 18.6 Å². The summed E-state index contributed by atoms with van der Waals surface area (Å²) in [6, 6.07) is 0. The fourth-order valence-corrected chi connectivity index (χ4v) is 5.38. The summed E-state index contributed by atoms with van der Waals surface area (Å²) in [7, 11) is -4.42. The van der Waals surface area contributed by atoms with Gasteiger partial charge < -0.3 is 25.2 Å². The number of esters is 2. The molecule has 11 heteroatoms. The molecule has 0 saturated heterocycles. The van der Waals surface area contributed by atoms with Crippen LogP contribution in [0, 0.1) is 0 Å². The maximum atomic E-state index is 12.5. The SMILES string of the molecule is CCCCC/C=C\C/C=C\C/C=C\C/C=C\CCCC(=O)OC[C@H](COP(=O)(O)OCCN)OC(=O)CCC/C=C\C/C=C\C/C=C\C/C=C\C=C\[C@H](O)CC. The monoisotopic (exact) mass is 801 g/mol. The summed E-state index contributed by atoms with van der Waals surface area (Å²) in [4.78, 5) is 34.8. The Bertz CT molecular complexity index is 1300. The Balaban J connectivity index is 4.43. The van der Waals surface area contributed by atoms with Crippen LogP contribution in [0.25, 0.3) is 0 Å². The van der Waals surface area contributed by atoms with E-state index in [-0.39, 0.29) is 38.7 Å². The molecule has 0 fully saturated rings. The molecule has 0 radical (unpaired) electrons. The molecule has 56 heavy (non-hydrogen) atoms. The molecule has 0 spiro atoms. The molecule has 0 amide bonds. The molecule has 10 nitrogen and oxygen atoms in total. The quantitative estimate of drug-likeness (QED) is 0.0183. The number of aliphatic hydroxyl groups excluding tert-OH is 1. The molecule has 1 unspecified atom stereocenters. The number of unbranched alkanes of at least 4 members (excludes halogenated alkanes) is 5. The molecule has 3 atom stereocenters. The van der Waals surface area contributed by atoms with Gasteiger partial charge in [0.15, 0.2) is 6.10 Å². The third-order valence-electron chi connectivity index (χ3n) is 7.80. The number of allylic oxidation sites excluding steroid dienone is 17. The normalized spacial score (nSPS) is 15.0. The van der Waals surface area contributed by atoms with Crippen molar-refractivity contribution >= 4 is 19.8 Å². The zero-order chi connectivity index (χ0) is 41.2. The first-order valence-electron chi connectivity index (χ1n) is 20.5. The highest BCUT2D eigenvalue weighted by Gasteiger charge is 2.25. The van der Waals surface area contributed by atoms with Crippen molar-refractivity contribution in [3.05, 3.63) is 109 Å². The highest BCUT2D eigenvalue weighted by atomic mass is 31.2. The van der Waals surface area contributed by atoms with Crippen LogP contribution in [0.1, 0.15) is 123 Å². The molecule has 0 bridgehead atoms. The van der Waals surface area contributed by atoms with E-state index in [2.05, 4.69) is 73.8 Å². The number of aliphatic hydroxyl groups is 1. The smallest absolute Gasteiger partial charge is 0.462 e. The van der Waals surface area contributed by atoms with Gasteiger partial charge in [-0.1, -0.05) is 136 Å². The number of nitrogens with two attached hydrogens (primary N) is 1. The molecule has 0 aliphatic carbocycles. The molecule has 0 aromatic carbocycles. The Hall–Kier alpha value is -3.37. The lowest BCUT2D eigenvalue weighted by atomic mass is 10.2. The highest BCUT2D eigenvalue weighted by molar-refractivity contribution is 7.47. The van der Waals surface area contributed by atoms with Gasteiger partial charge in [0.1, 0.15) is 6.61 Å². The van der Waals surface area contributed by atoms with Crippen molar-refractivity contribution in [1.82, 2.24) is 0 Å². The standard InChI is InChI=1S/C45H72NO9P/c1-3-5-6-7-8-9-10-11-12-13-14-18-21-24-27-30-33-36-44(48)52-40-43(41-54-56(50,51)53-39-38-46)55-45(49)37-34-31-28-25-22-19-16-15-17-20-23-26-29-32-35-42(47)4-2/h8-9,11-12,14,16-20,24-29,32,35,42-43,47H,3-7,10,13,15,21-23,30-31,33-34,36-41,46H2,1-2H3,(H,50,51)/b9-8-,12-11-,18-14-,19-16-,20-17-,27-24-,28-25-,29-26-,35-32+/t42-,43-/m1/s1. The topological polar surface area (TPSA) is 155 Å². The molecule has 316 valence electrons. The molecule has 0 aliphatic rings. The van der Waals surface area contributed by atoms with E-state index >= 15 is 0 Å². The van der Waals surface area contributed by atoms with Gasteiger partial charge in [0, 0.05) is 19.4 Å². The van der Waals surface area contributed by atoms with Crippen LogP contribution in [-0.4, -0.2) is 60.5 Å². The van der Waals surface area contributed by atoms with Crippen LogP contribution in [0.4, 0.5) is 0 Å². The molecule has 0 aromatic rings. The highest BCUT2D eigenvalue weighted by Crippen LogP contribution is 2.43.